The number of amides is 1. The van der Waals surface area contributed by atoms with E-state index in [9.17, 15) is 14.7 Å². The number of carboxylic acid groups (broad SMARTS) is 1. The van der Waals surface area contributed by atoms with Crippen LogP contribution in [0, 0.1) is 0 Å². The Bertz CT molecular complexity index is 326. The molecule has 1 rings (SSSR count). The molecule has 8 heteroatoms. The Balaban J connectivity index is 0.00000361. The van der Waals surface area contributed by atoms with Crippen LogP contribution in [0.1, 0.15) is 20.8 Å². The summed E-state index contributed by atoms with van der Waals surface area (Å²) in [6, 6.07) is -1.09. The zero-order chi connectivity index (χ0) is 14.5. The van der Waals surface area contributed by atoms with Crippen molar-refractivity contribution in [2.75, 3.05) is 32.8 Å². The number of morpholine rings is 1. The Labute approximate surface area is 161 Å². The summed E-state index contributed by atoms with van der Waals surface area (Å²) in [7, 11) is 0. The van der Waals surface area contributed by atoms with Gasteiger partial charge in [-0.05, 0) is 20.8 Å². The van der Waals surface area contributed by atoms with E-state index in [1.807, 2.05) is 4.90 Å². The third-order valence-corrected chi connectivity index (χ3v) is 2.52. The van der Waals surface area contributed by atoms with Gasteiger partial charge in [0.25, 0.3) is 0 Å². The van der Waals surface area contributed by atoms with Crippen molar-refractivity contribution in [2.45, 2.75) is 32.4 Å². The molecule has 1 saturated heterocycles. The molecule has 0 aliphatic carbocycles. The minimum absolute atomic E-state index is 0. The van der Waals surface area contributed by atoms with E-state index in [1.165, 1.54) is 0 Å². The molecule has 0 spiro atoms. The summed E-state index contributed by atoms with van der Waals surface area (Å²) >= 11 is 0. The van der Waals surface area contributed by atoms with Crippen LogP contribution in [0.3, 0.4) is 0 Å². The summed E-state index contributed by atoms with van der Waals surface area (Å²) in [4.78, 5) is 24.5. The van der Waals surface area contributed by atoms with E-state index >= 15 is 0 Å². The largest absolute Gasteiger partial charge is 1.00 e. The van der Waals surface area contributed by atoms with Crippen molar-refractivity contribution in [3.05, 3.63) is 0 Å². The fourth-order valence-electron chi connectivity index (χ4n) is 1.67. The van der Waals surface area contributed by atoms with Crippen LogP contribution in [0.25, 0.3) is 0 Å². The average molecular weight is 312 g/mol. The van der Waals surface area contributed by atoms with Gasteiger partial charge in [-0.3, -0.25) is 4.90 Å². The normalized spacial score (nSPS) is 17.8. The van der Waals surface area contributed by atoms with Crippen LogP contribution in [-0.2, 0) is 14.3 Å². The number of aliphatic carboxylic acids is 1. The van der Waals surface area contributed by atoms with Crippen molar-refractivity contribution in [3.63, 3.8) is 0 Å². The number of ether oxygens (including phenoxy) is 2. The first-order chi connectivity index (χ1) is 8.78. The van der Waals surface area contributed by atoms with Gasteiger partial charge in [0.05, 0.1) is 25.2 Å². The van der Waals surface area contributed by atoms with Gasteiger partial charge in [-0.1, -0.05) is 0 Å². The van der Waals surface area contributed by atoms with Crippen molar-refractivity contribution in [2.24, 2.45) is 0 Å². The molecule has 0 aromatic rings. The molecule has 0 aromatic carbocycles. The molecule has 0 unspecified atom stereocenters. The SMILES string of the molecule is CC(C)(C)OC(=O)N[C@H](CN1CCOCC1)C(=O)[O-].[K+]. The van der Waals surface area contributed by atoms with Crippen molar-refractivity contribution < 1.29 is 75.6 Å². The van der Waals surface area contributed by atoms with Gasteiger partial charge in [0.15, 0.2) is 0 Å². The number of hydrogen-bond donors (Lipinski definition) is 1. The van der Waals surface area contributed by atoms with E-state index < -0.39 is 23.7 Å². The molecule has 0 aromatic heterocycles. The summed E-state index contributed by atoms with van der Waals surface area (Å²) in [6.07, 6.45) is -0.755. The Hall–Kier alpha value is 0.296. The Morgan fingerprint density at radius 1 is 1.35 bits per heavy atom. The third kappa shape index (κ3) is 8.55. The van der Waals surface area contributed by atoms with E-state index in [0.29, 0.717) is 26.3 Å². The maximum Gasteiger partial charge on any atom is 1.00 e. The van der Waals surface area contributed by atoms with Gasteiger partial charge in [0.2, 0.25) is 0 Å². The van der Waals surface area contributed by atoms with Crippen molar-refractivity contribution in [1.82, 2.24) is 10.2 Å². The molecule has 0 saturated carbocycles. The summed E-state index contributed by atoms with van der Waals surface area (Å²) in [6.45, 7) is 7.72. The maximum absolute atomic E-state index is 11.5. The van der Waals surface area contributed by atoms with E-state index in [2.05, 4.69) is 5.32 Å². The van der Waals surface area contributed by atoms with Crippen molar-refractivity contribution in [1.29, 1.82) is 0 Å². The minimum atomic E-state index is -1.32. The predicted molar refractivity (Wildman–Crippen MR) is 65.4 cm³/mol. The van der Waals surface area contributed by atoms with E-state index in [1.54, 1.807) is 20.8 Å². The summed E-state index contributed by atoms with van der Waals surface area (Å²) < 4.78 is 10.2. The molecule has 1 fully saturated rings. The second kappa shape index (κ2) is 9.34. The van der Waals surface area contributed by atoms with Crippen LogP contribution in [0.2, 0.25) is 0 Å². The topological polar surface area (TPSA) is 90.9 Å². The molecule has 1 heterocycles. The standard InChI is InChI=1S/C12H22N2O5.K/c1-12(2,3)19-11(17)13-9(10(15)16)8-14-4-6-18-7-5-14;/h9H,4-8H2,1-3H3,(H,13,17)(H,15,16);/q;+1/p-1/t9-;/m1./s1. The molecule has 0 radical (unpaired) electrons. The van der Waals surface area contributed by atoms with Crippen molar-refractivity contribution >= 4 is 12.1 Å². The van der Waals surface area contributed by atoms with Gasteiger partial charge in [0.1, 0.15) is 5.60 Å². The van der Waals surface area contributed by atoms with Crippen LogP contribution in [-0.4, -0.2) is 61.5 Å². The van der Waals surface area contributed by atoms with Crippen LogP contribution in [0.4, 0.5) is 4.79 Å². The smallest absolute Gasteiger partial charge is 0.548 e. The monoisotopic (exact) mass is 312 g/mol. The molecule has 1 atom stereocenters. The minimum Gasteiger partial charge on any atom is -0.548 e. The fraction of sp³-hybridized carbons (Fsp3) is 0.833. The zero-order valence-electron chi connectivity index (χ0n) is 12.6. The van der Waals surface area contributed by atoms with Crippen LogP contribution >= 0.6 is 0 Å². The average Bonchev–Trinajstić information content (AvgIpc) is 2.26. The third-order valence-electron chi connectivity index (χ3n) is 2.52. The Morgan fingerprint density at radius 2 is 1.90 bits per heavy atom. The number of hydrogen-bond acceptors (Lipinski definition) is 6. The van der Waals surface area contributed by atoms with Gasteiger partial charge in [-0.15, -0.1) is 0 Å². The number of rotatable bonds is 4. The molecule has 1 amide bonds. The quantitative estimate of drug-likeness (QED) is 0.532. The Morgan fingerprint density at radius 3 is 2.35 bits per heavy atom. The summed E-state index contributed by atoms with van der Waals surface area (Å²) in [5.74, 6) is -1.32. The van der Waals surface area contributed by atoms with Gasteiger partial charge in [-0.2, -0.15) is 0 Å². The van der Waals surface area contributed by atoms with Crippen molar-refractivity contribution in [3.8, 4) is 0 Å². The first-order valence-corrected chi connectivity index (χ1v) is 6.28. The fourth-order valence-corrected chi connectivity index (χ4v) is 1.67. The van der Waals surface area contributed by atoms with Crippen LogP contribution in [0.15, 0.2) is 0 Å². The van der Waals surface area contributed by atoms with Gasteiger partial charge >= 0.3 is 57.5 Å². The van der Waals surface area contributed by atoms with E-state index in [-0.39, 0.29) is 57.9 Å². The predicted octanol–water partition coefficient (Wildman–Crippen LogP) is -4.03. The molecular weight excluding hydrogens is 291 g/mol. The molecular formula is C12H21KN2O5. The summed E-state index contributed by atoms with van der Waals surface area (Å²) in [5.41, 5.74) is -0.667. The number of nitrogens with one attached hydrogen (secondary N) is 1. The molecule has 1 N–H and O–H groups in total. The zero-order valence-corrected chi connectivity index (χ0v) is 15.7. The number of carbonyl (C=O) groups is 2. The number of nitrogens with zero attached hydrogens (tertiary/aromatic N) is 1. The van der Waals surface area contributed by atoms with E-state index in [0.717, 1.165) is 0 Å². The maximum atomic E-state index is 11.5. The van der Waals surface area contributed by atoms with E-state index in [4.69, 9.17) is 9.47 Å². The number of alkyl carbamates (subject to hydrolysis) is 1. The second-order valence-electron chi connectivity index (χ2n) is 5.43. The molecule has 7 nitrogen and oxygen atoms in total. The first kappa shape index (κ1) is 20.3. The molecule has 1 aliphatic heterocycles. The molecule has 0 bridgehead atoms. The second-order valence-corrected chi connectivity index (χ2v) is 5.43. The van der Waals surface area contributed by atoms with Gasteiger partial charge < -0.3 is 24.7 Å². The van der Waals surface area contributed by atoms with Gasteiger partial charge in [-0.25, -0.2) is 4.79 Å². The number of carboxylic acids is 1. The molecule has 20 heavy (non-hydrogen) atoms. The number of carbonyl (C=O) groups excluding carboxylic acids is 2. The molecule has 1 aliphatic rings. The molecule has 110 valence electrons. The van der Waals surface area contributed by atoms with Crippen LogP contribution < -0.4 is 61.8 Å². The van der Waals surface area contributed by atoms with Crippen LogP contribution in [0.5, 0.6) is 0 Å². The summed E-state index contributed by atoms with van der Waals surface area (Å²) in [5, 5.41) is 13.3. The Kier molecular flexibility index (Phi) is 9.48. The van der Waals surface area contributed by atoms with Gasteiger partial charge in [0, 0.05) is 19.6 Å². The first-order valence-electron chi connectivity index (χ1n) is 6.28.